The van der Waals surface area contributed by atoms with E-state index in [4.69, 9.17) is 0 Å². The first-order chi connectivity index (χ1) is 10.7. The number of aliphatic imine (C=N–C) groups is 1. The van der Waals surface area contributed by atoms with Crippen LogP contribution in [-0.4, -0.2) is 27.1 Å². The molecule has 22 heavy (non-hydrogen) atoms. The van der Waals surface area contributed by atoms with Gasteiger partial charge in [0.05, 0.1) is 0 Å². The van der Waals surface area contributed by atoms with Gasteiger partial charge in [-0.1, -0.05) is 42.5 Å². The third-order valence-corrected chi connectivity index (χ3v) is 3.41. The van der Waals surface area contributed by atoms with Crippen LogP contribution in [0.3, 0.4) is 0 Å². The predicted molar refractivity (Wildman–Crippen MR) is 94.2 cm³/mol. The molecule has 0 heterocycles. The van der Waals surface area contributed by atoms with Gasteiger partial charge >= 0.3 is 0 Å². The van der Waals surface area contributed by atoms with E-state index in [1.54, 1.807) is 7.05 Å². The molecule has 0 radical (unpaired) electrons. The van der Waals surface area contributed by atoms with Crippen molar-refractivity contribution in [3.63, 3.8) is 0 Å². The van der Waals surface area contributed by atoms with Gasteiger partial charge in [-0.25, -0.2) is 0 Å². The lowest BCUT2D eigenvalue weighted by Gasteiger charge is -2.15. The van der Waals surface area contributed by atoms with E-state index in [0.717, 1.165) is 19.0 Å². The van der Waals surface area contributed by atoms with Crippen LogP contribution in [0.1, 0.15) is 11.1 Å². The minimum absolute atomic E-state index is 0.746. The van der Waals surface area contributed by atoms with Gasteiger partial charge in [-0.15, -0.1) is 0 Å². The molecule has 0 saturated carbocycles. The van der Waals surface area contributed by atoms with E-state index in [1.807, 2.05) is 32.3 Å². The molecule has 0 aliphatic carbocycles. The van der Waals surface area contributed by atoms with Crippen molar-refractivity contribution in [1.82, 2.24) is 10.6 Å². The highest BCUT2D eigenvalue weighted by molar-refractivity contribution is 5.79. The summed E-state index contributed by atoms with van der Waals surface area (Å²) in [5.41, 5.74) is 3.67. The Morgan fingerprint density at radius 1 is 0.909 bits per heavy atom. The van der Waals surface area contributed by atoms with E-state index in [9.17, 15) is 0 Å². The highest BCUT2D eigenvalue weighted by Crippen LogP contribution is 2.13. The van der Waals surface area contributed by atoms with Gasteiger partial charge in [0.1, 0.15) is 0 Å². The number of benzene rings is 2. The fourth-order valence-corrected chi connectivity index (χ4v) is 2.13. The molecule has 0 bridgehead atoms. The first-order valence-corrected chi connectivity index (χ1v) is 7.44. The minimum Gasteiger partial charge on any atom is -0.378 e. The smallest absolute Gasteiger partial charge is 0.191 e. The molecular formula is C18H24N4. The van der Waals surface area contributed by atoms with Crippen molar-refractivity contribution in [2.45, 2.75) is 13.1 Å². The Bertz CT molecular complexity index is 605. The van der Waals surface area contributed by atoms with Crippen LogP contribution in [0.25, 0.3) is 0 Å². The second-order valence-corrected chi connectivity index (χ2v) is 5.33. The van der Waals surface area contributed by atoms with Crippen molar-refractivity contribution in [1.29, 1.82) is 0 Å². The van der Waals surface area contributed by atoms with E-state index in [0.29, 0.717) is 0 Å². The van der Waals surface area contributed by atoms with Crippen LogP contribution < -0.4 is 15.5 Å². The number of guanidine groups is 1. The van der Waals surface area contributed by atoms with Crippen LogP contribution in [-0.2, 0) is 13.1 Å². The Hall–Kier alpha value is -2.49. The first kappa shape index (κ1) is 15.9. The van der Waals surface area contributed by atoms with Crippen molar-refractivity contribution in [3.05, 3.63) is 65.7 Å². The summed E-state index contributed by atoms with van der Waals surface area (Å²) >= 11 is 0. The lowest BCUT2D eigenvalue weighted by molar-refractivity contribution is 0.809. The fourth-order valence-electron chi connectivity index (χ4n) is 2.13. The van der Waals surface area contributed by atoms with Crippen molar-refractivity contribution in [2.75, 3.05) is 26.0 Å². The first-order valence-electron chi connectivity index (χ1n) is 7.44. The SMILES string of the molecule is CN=C(NCc1ccccc1)NCc1cccc(N(C)C)c1. The summed E-state index contributed by atoms with van der Waals surface area (Å²) in [6.45, 7) is 1.51. The van der Waals surface area contributed by atoms with Crippen LogP contribution in [0.4, 0.5) is 5.69 Å². The van der Waals surface area contributed by atoms with Crippen molar-refractivity contribution >= 4 is 11.6 Å². The molecular weight excluding hydrogens is 272 g/mol. The maximum Gasteiger partial charge on any atom is 0.191 e. The second kappa shape index (κ2) is 8.08. The Balaban J connectivity index is 1.87. The molecule has 0 fully saturated rings. The number of hydrogen-bond donors (Lipinski definition) is 2. The van der Waals surface area contributed by atoms with Gasteiger partial charge < -0.3 is 15.5 Å². The molecule has 0 aliphatic heterocycles. The maximum atomic E-state index is 4.26. The van der Waals surface area contributed by atoms with Crippen LogP contribution >= 0.6 is 0 Å². The van der Waals surface area contributed by atoms with Crippen LogP contribution in [0.5, 0.6) is 0 Å². The number of nitrogens with one attached hydrogen (secondary N) is 2. The highest BCUT2D eigenvalue weighted by Gasteiger charge is 2.01. The number of rotatable bonds is 5. The molecule has 2 rings (SSSR count). The van der Waals surface area contributed by atoms with E-state index in [1.165, 1.54) is 16.8 Å². The van der Waals surface area contributed by atoms with Gasteiger partial charge in [0, 0.05) is 39.9 Å². The quantitative estimate of drug-likeness (QED) is 0.658. The highest BCUT2D eigenvalue weighted by atomic mass is 15.2. The van der Waals surface area contributed by atoms with E-state index >= 15 is 0 Å². The largest absolute Gasteiger partial charge is 0.378 e. The third kappa shape index (κ3) is 4.81. The van der Waals surface area contributed by atoms with Gasteiger partial charge in [0.25, 0.3) is 0 Å². The summed E-state index contributed by atoms with van der Waals surface area (Å²) in [4.78, 5) is 6.36. The summed E-state index contributed by atoms with van der Waals surface area (Å²) in [5, 5.41) is 6.66. The molecule has 0 spiro atoms. The number of nitrogens with zero attached hydrogens (tertiary/aromatic N) is 2. The normalized spacial score (nSPS) is 11.1. The Morgan fingerprint density at radius 2 is 1.55 bits per heavy atom. The van der Waals surface area contributed by atoms with Crippen molar-refractivity contribution in [3.8, 4) is 0 Å². The standard InChI is InChI=1S/C18H24N4/c1-19-18(20-13-15-8-5-4-6-9-15)21-14-16-10-7-11-17(12-16)22(2)3/h4-12H,13-14H2,1-3H3,(H2,19,20,21). The molecule has 2 aromatic carbocycles. The lowest BCUT2D eigenvalue weighted by atomic mass is 10.2. The van der Waals surface area contributed by atoms with Crippen LogP contribution in [0.15, 0.2) is 59.6 Å². The van der Waals surface area contributed by atoms with Gasteiger partial charge in [-0.3, -0.25) is 4.99 Å². The second-order valence-electron chi connectivity index (χ2n) is 5.33. The molecule has 0 amide bonds. The molecule has 116 valence electrons. The van der Waals surface area contributed by atoms with E-state index < -0.39 is 0 Å². The van der Waals surface area contributed by atoms with Crippen molar-refractivity contribution in [2.24, 2.45) is 4.99 Å². The molecule has 4 nitrogen and oxygen atoms in total. The van der Waals surface area contributed by atoms with Gasteiger partial charge in [0.15, 0.2) is 5.96 Å². The molecule has 0 saturated heterocycles. The zero-order chi connectivity index (χ0) is 15.8. The third-order valence-electron chi connectivity index (χ3n) is 3.41. The molecule has 0 unspecified atom stereocenters. The average molecular weight is 296 g/mol. The average Bonchev–Trinajstić information content (AvgIpc) is 2.56. The Labute approximate surface area is 132 Å². The maximum absolute atomic E-state index is 4.26. The summed E-state index contributed by atoms with van der Waals surface area (Å²) in [6.07, 6.45) is 0. The summed E-state index contributed by atoms with van der Waals surface area (Å²) in [5.74, 6) is 0.805. The van der Waals surface area contributed by atoms with Crippen molar-refractivity contribution < 1.29 is 0 Å². The topological polar surface area (TPSA) is 39.7 Å². The van der Waals surface area contributed by atoms with Gasteiger partial charge in [0.2, 0.25) is 0 Å². The molecule has 4 heteroatoms. The minimum atomic E-state index is 0.746. The fraction of sp³-hybridized carbons (Fsp3) is 0.278. The summed E-state index contributed by atoms with van der Waals surface area (Å²) in [7, 11) is 5.89. The molecule has 0 atom stereocenters. The zero-order valence-electron chi connectivity index (χ0n) is 13.5. The van der Waals surface area contributed by atoms with Crippen LogP contribution in [0, 0.1) is 0 Å². The zero-order valence-corrected chi connectivity index (χ0v) is 13.5. The van der Waals surface area contributed by atoms with Crippen LogP contribution in [0.2, 0.25) is 0 Å². The molecule has 2 aromatic rings. The van der Waals surface area contributed by atoms with Gasteiger partial charge in [-0.05, 0) is 23.3 Å². The lowest BCUT2D eigenvalue weighted by Crippen LogP contribution is -2.36. The molecule has 2 N–H and O–H groups in total. The summed E-state index contributed by atoms with van der Waals surface area (Å²) in [6, 6.07) is 18.8. The molecule has 0 aliphatic rings. The summed E-state index contributed by atoms with van der Waals surface area (Å²) < 4.78 is 0. The molecule has 0 aromatic heterocycles. The predicted octanol–water partition coefficient (Wildman–Crippen LogP) is 2.62. The Kier molecular flexibility index (Phi) is 5.83. The Morgan fingerprint density at radius 3 is 2.18 bits per heavy atom. The van der Waals surface area contributed by atoms with E-state index in [-0.39, 0.29) is 0 Å². The number of anilines is 1. The van der Waals surface area contributed by atoms with E-state index in [2.05, 4.69) is 56.9 Å². The monoisotopic (exact) mass is 296 g/mol. The number of hydrogen-bond acceptors (Lipinski definition) is 2. The van der Waals surface area contributed by atoms with Gasteiger partial charge in [-0.2, -0.15) is 0 Å².